The van der Waals surface area contributed by atoms with Crippen LogP contribution >= 0.6 is 23.2 Å². The van der Waals surface area contributed by atoms with E-state index in [9.17, 15) is 14.4 Å². The number of likely N-dealkylation sites (tertiary alicyclic amines) is 2. The number of benzene rings is 2. The van der Waals surface area contributed by atoms with Crippen LogP contribution in [0, 0.1) is 5.41 Å². The van der Waals surface area contributed by atoms with Crippen molar-refractivity contribution in [2.75, 3.05) is 31.7 Å². The predicted molar refractivity (Wildman–Crippen MR) is 163 cm³/mol. The lowest BCUT2D eigenvalue weighted by Gasteiger charge is -2.40. The van der Waals surface area contributed by atoms with Crippen LogP contribution in [0.2, 0.25) is 5.02 Å². The van der Waals surface area contributed by atoms with E-state index in [1.807, 2.05) is 30.3 Å². The quantitative estimate of drug-likeness (QED) is 0.238. The van der Waals surface area contributed by atoms with Crippen LogP contribution < -0.4 is 22.1 Å². The van der Waals surface area contributed by atoms with Crippen molar-refractivity contribution in [3.05, 3.63) is 93.2 Å². The lowest BCUT2D eigenvalue weighted by Crippen LogP contribution is -2.52. The topological polar surface area (TPSA) is 131 Å². The van der Waals surface area contributed by atoms with Gasteiger partial charge in [-0.25, -0.2) is 10.8 Å². The maximum Gasteiger partial charge on any atom is 0.254 e. The molecule has 2 aliphatic rings. The van der Waals surface area contributed by atoms with Crippen LogP contribution in [0.15, 0.2) is 77.1 Å². The van der Waals surface area contributed by atoms with E-state index in [1.165, 1.54) is 28.2 Å². The smallest absolute Gasteiger partial charge is 0.254 e. The molecule has 0 bridgehead atoms. The number of nitrogens with zero attached hydrogens (tertiary/aromatic N) is 5. The number of halogens is 2. The second-order valence-electron chi connectivity index (χ2n) is 10.9. The van der Waals surface area contributed by atoms with E-state index in [2.05, 4.69) is 4.98 Å². The SMILES string of the molecule is CN1CCC2(CCCN(C(=O)C(Cc3ccccc3)n3cnc(-c4cc(Cl)ccc4N(N)/C=C(\N)Cl)cc3=O)C2)C1=O. The zero-order valence-corrected chi connectivity index (χ0v) is 24.8. The number of amides is 2. The maximum absolute atomic E-state index is 14.2. The Morgan fingerprint density at radius 1 is 1.14 bits per heavy atom. The van der Waals surface area contributed by atoms with Crippen LogP contribution in [-0.2, 0) is 16.0 Å². The highest BCUT2D eigenvalue weighted by atomic mass is 35.5. The van der Waals surface area contributed by atoms with Gasteiger partial charge in [0.2, 0.25) is 11.8 Å². The molecule has 2 saturated heterocycles. The Bertz CT molecular complexity index is 1570. The van der Waals surface area contributed by atoms with Gasteiger partial charge in [-0.3, -0.25) is 24.0 Å². The summed E-state index contributed by atoms with van der Waals surface area (Å²) in [6.07, 6.45) is 5.19. The number of anilines is 1. The molecule has 5 rings (SSSR count). The molecule has 1 spiro atoms. The third-order valence-electron chi connectivity index (χ3n) is 8.12. The van der Waals surface area contributed by atoms with Crippen LogP contribution in [-0.4, -0.2) is 57.8 Å². The fourth-order valence-corrected chi connectivity index (χ4v) is 6.26. The van der Waals surface area contributed by atoms with E-state index in [4.69, 9.17) is 34.8 Å². The summed E-state index contributed by atoms with van der Waals surface area (Å²) in [4.78, 5) is 49.0. The highest BCUT2D eigenvalue weighted by molar-refractivity contribution is 6.31. The molecule has 2 atom stereocenters. The number of carbonyl (C=O) groups excluding carboxylic acids is 2. The largest absolute Gasteiger partial charge is 0.388 e. The zero-order chi connectivity index (χ0) is 30.0. The number of hydrogen-bond donors (Lipinski definition) is 2. The molecule has 220 valence electrons. The standard InChI is InChI=1S/C30H33Cl2N7O3/c1-36-13-11-30(29(36)42)10-5-12-37(18-30)28(41)25(14-20-6-3-2-4-7-20)38-19-35-23(16-27(38)40)22-15-21(31)8-9-24(22)39(34)17-26(32)33/h2-4,6-9,15-17,19,25H,5,10-14,18,33-34H2,1H3/b26-17-. The molecule has 2 aromatic carbocycles. The molecule has 10 nitrogen and oxygen atoms in total. The van der Waals surface area contributed by atoms with Gasteiger partial charge in [-0.1, -0.05) is 53.5 Å². The maximum atomic E-state index is 14.2. The second-order valence-corrected chi connectivity index (χ2v) is 11.8. The number of hydrazine groups is 1. The summed E-state index contributed by atoms with van der Waals surface area (Å²) >= 11 is 12.1. The van der Waals surface area contributed by atoms with Crippen LogP contribution in [0.3, 0.4) is 0 Å². The van der Waals surface area contributed by atoms with Crippen molar-refractivity contribution in [2.24, 2.45) is 17.0 Å². The van der Waals surface area contributed by atoms with Crippen molar-refractivity contribution in [1.29, 1.82) is 0 Å². The minimum absolute atomic E-state index is 0.0329. The molecule has 0 saturated carbocycles. The van der Waals surface area contributed by atoms with Gasteiger partial charge in [0.1, 0.15) is 11.2 Å². The van der Waals surface area contributed by atoms with Crippen LogP contribution in [0.5, 0.6) is 0 Å². The lowest BCUT2D eigenvalue weighted by atomic mass is 9.78. The van der Waals surface area contributed by atoms with Crippen molar-refractivity contribution >= 4 is 40.7 Å². The molecular formula is C30H33Cl2N7O3. The molecule has 0 aliphatic carbocycles. The Labute approximate surface area is 254 Å². The van der Waals surface area contributed by atoms with Crippen LogP contribution in [0.4, 0.5) is 5.69 Å². The van der Waals surface area contributed by atoms with Crippen molar-refractivity contribution < 1.29 is 9.59 Å². The summed E-state index contributed by atoms with van der Waals surface area (Å²) < 4.78 is 1.36. The van der Waals surface area contributed by atoms with Gasteiger partial charge < -0.3 is 15.5 Å². The summed E-state index contributed by atoms with van der Waals surface area (Å²) in [7, 11) is 1.80. The number of rotatable bonds is 7. The number of carbonyl (C=O) groups is 2. The number of hydrogen-bond acceptors (Lipinski definition) is 7. The molecule has 2 fully saturated rings. The monoisotopic (exact) mass is 609 g/mol. The molecule has 2 aliphatic heterocycles. The summed E-state index contributed by atoms with van der Waals surface area (Å²) in [6, 6.07) is 15.0. The molecule has 3 aromatic rings. The molecule has 3 heterocycles. The molecule has 12 heteroatoms. The molecule has 1 aromatic heterocycles. The van der Waals surface area contributed by atoms with Crippen LogP contribution in [0.25, 0.3) is 11.3 Å². The molecule has 2 amide bonds. The Morgan fingerprint density at radius 2 is 1.90 bits per heavy atom. The van der Waals surface area contributed by atoms with Gasteiger partial charge in [-0.15, -0.1) is 0 Å². The normalized spacial score (nSPS) is 19.8. The molecule has 2 unspecified atom stereocenters. The first-order valence-electron chi connectivity index (χ1n) is 13.7. The zero-order valence-electron chi connectivity index (χ0n) is 23.2. The van der Waals surface area contributed by atoms with Gasteiger partial charge in [-0.05, 0) is 43.0 Å². The minimum Gasteiger partial charge on any atom is -0.388 e. The van der Waals surface area contributed by atoms with Crippen molar-refractivity contribution in [3.63, 3.8) is 0 Å². The summed E-state index contributed by atoms with van der Waals surface area (Å²) in [5, 5.41) is 1.60. The summed E-state index contributed by atoms with van der Waals surface area (Å²) in [6.45, 7) is 1.55. The van der Waals surface area contributed by atoms with E-state index in [1.54, 1.807) is 35.0 Å². The highest BCUT2D eigenvalue weighted by Gasteiger charge is 2.49. The molecule has 0 radical (unpaired) electrons. The van der Waals surface area contributed by atoms with E-state index in [0.29, 0.717) is 41.6 Å². The Kier molecular flexibility index (Phi) is 8.58. The number of piperidine rings is 1. The lowest BCUT2D eigenvalue weighted by molar-refractivity contribution is -0.144. The van der Waals surface area contributed by atoms with Gasteiger partial charge in [0.25, 0.3) is 5.56 Å². The third kappa shape index (κ3) is 6.01. The van der Waals surface area contributed by atoms with Crippen molar-refractivity contribution in [2.45, 2.75) is 31.7 Å². The van der Waals surface area contributed by atoms with E-state index in [-0.39, 0.29) is 23.4 Å². The fourth-order valence-electron chi connectivity index (χ4n) is 5.98. The summed E-state index contributed by atoms with van der Waals surface area (Å²) in [5.41, 5.74) is 6.77. The Morgan fingerprint density at radius 3 is 2.57 bits per heavy atom. The fraction of sp³-hybridized carbons (Fsp3) is 0.333. The average Bonchev–Trinajstić information content (AvgIpc) is 3.23. The van der Waals surface area contributed by atoms with E-state index < -0.39 is 17.0 Å². The van der Waals surface area contributed by atoms with Gasteiger partial charge in [0.15, 0.2) is 0 Å². The van der Waals surface area contributed by atoms with Gasteiger partial charge in [0, 0.05) is 49.8 Å². The Hall–Kier alpha value is -3.86. The molecule has 4 N–H and O–H groups in total. The molecule has 42 heavy (non-hydrogen) atoms. The average molecular weight is 611 g/mol. The number of nitrogens with two attached hydrogens (primary N) is 2. The Balaban J connectivity index is 1.51. The van der Waals surface area contributed by atoms with Crippen molar-refractivity contribution in [3.8, 4) is 11.3 Å². The second kappa shape index (κ2) is 12.2. The predicted octanol–water partition coefficient (Wildman–Crippen LogP) is 3.49. The first-order valence-corrected chi connectivity index (χ1v) is 14.5. The number of aromatic nitrogens is 2. The first-order chi connectivity index (χ1) is 20.1. The third-order valence-corrected chi connectivity index (χ3v) is 8.45. The van der Waals surface area contributed by atoms with E-state index in [0.717, 1.165) is 24.8 Å². The molecular weight excluding hydrogens is 577 g/mol. The van der Waals surface area contributed by atoms with Gasteiger partial charge in [-0.2, -0.15) is 0 Å². The first kappa shape index (κ1) is 29.6. The highest BCUT2D eigenvalue weighted by Crippen LogP contribution is 2.40. The van der Waals surface area contributed by atoms with Crippen molar-refractivity contribution in [1.82, 2.24) is 19.4 Å². The van der Waals surface area contributed by atoms with Gasteiger partial charge in [0.05, 0.1) is 29.3 Å². The van der Waals surface area contributed by atoms with Crippen LogP contribution in [0.1, 0.15) is 30.9 Å². The van der Waals surface area contributed by atoms with Gasteiger partial charge >= 0.3 is 0 Å². The van der Waals surface area contributed by atoms with E-state index >= 15 is 0 Å². The summed E-state index contributed by atoms with van der Waals surface area (Å²) in [5.74, 6) is 6.01. The minimum atomic E-state index is -0.852.